The smallest absolute Gasteiger partial charge is 0.204 e. The van der Waals surface area contributed by atoms with Crippen LogP contribution in [-0.4, -0.2) is 24.4 Å². The second-order valence-electron chi connectivity index (χ2n) is 9.88. The first-order chi connectivity index (χ1) is 16.0. The van der Waals surface area contributed by atoms with Crippen molar-refractivity contribution in [3.8, 4) is 11.5 Å². The number of rotatable bonds is 16. The molecule has 1 aromatic carbocycles. The Morgan fingerprint density at radius 2 is 1.48 bits per heavy atom. The van der Waals surface area contributed by atoms with Crippen LogP contribution in [0.2, 0.25) is 0 Å². The molecule has 0 aliphatic heterocycles. The molecule has 2 unspecified atom stereocenters. The van der Waals surface area contributed by atoms with Crippen LogP contribution in [-0.2, 0) is 0 Å². The second kappa shape index (κ2) is 15.5. The topological polar surface area (TPSA) is 38.7 Å². The van der Waals surface area contributed by atoms with Gasteiger partial charge in [-0.1, -0.05) is 52.9 Å². The molecule has 0 aromatic heterocycles. The predicted molar refractivity (Wildman–Crippen MR) is 131 cm³/mol. The molecule has 3 nitrogen and oxygen atoms in total. The molecule has 0 amide bonds. The lowest BCUT2D eigenvalue weighted by molar-refractivity contribution is 0.114. The summed E-state index contributed by atoms with van der Waals surface area (Å²) in [4.78, 5) is 0. The second-order valence-corrected chi connectivity index (χ2v) is 9.88. The lowest BCUT2D eigenvalue weighted by atomic mass is 9.73. The Balaban J connectivity index is 1.74. The Kier molecular flexibility index (Phi) is 13.1. The lowest BCUT2D eigenvalue weighted by Gasteiger charge is -2.34. The van der Waals surface area contributed by atoms with Crippen molar-refractivity contribution < 1.29 is 23.4 Å². The normalized spacial score (nSPS) is 20.4. The zero-order chi connectivity index (χ0) is 24.1. The molecule has 5 heteroatoms. The van der Waals surface area contributed by atoms with E-state index in [1.165, 1.54) is 25.0 Å². The average molecular weight is 469 g/mol. The number of halogens is 2. The third kappa shape index (κ3) is 9.42. The van der Waals surface area contributed by atoms with E-state index in [1.54, 1.807) is 0 Å². The van der Waals surface area contributed by atoms with Gasteiger partial charge in [-0.3, -0.25) is 0 Å². The van der Waals surface area contributed by atoms with Gasteiger partial charge in [-0.05, 0) is 81.3 Å². The third-order valence-corrected chi connectivity index (χ3v) is 7.34. The quantitative estimate of drug-likeness (QED) is 0.249. The van der Waals surface area contributed by atoms with Crippen LogP contribution in [0.1, 0.15) is 104 Å². The van der Waals surface area contributed by atoms with Gasteiger partial charge < -0.3 is 14.6 Å². The predicted octanol–water partition coefficient (Wildman–Crippen LogP) is 8.08. The highest BCUT2D eigenvalue weighted by atomic mass is 19.2. The van der Waals surface area contributed by atoms with Crippen LogP contribution in [0, 0.1) is 29.4 Å². The van der Waals surface area contributed by atoms with Gasteiger partial charge in [0, 0.05) is 0 Å². The fourth-order valence-electron chi connectivity index (χ4n) is 5.05. The Bertz CT molecular complexity index is 659. The van der Waals surface area contributed by atoms with E-state index in [9.17, 15) is 13.9 Å². The van der Waals surface area contributed by atoms with E-state index in [0.717, 1.165) is 70.6 Å². The summed E-state index contributed by atoms with van der Waals surface area (Å²) in [7, 11) is 0. The summed E-state index contributed by atoms with van der Waals surface area (Å²) < 4.78 is 39.6. The summed E-state index contributed by atoms with van der Waals surface area (Å²) in [5.74, 6) is -0.254. The van der Waals surface area contributed by atoms with Gasteiger partial charge in [0.2, 0.25) is 11.6 Å². The fourth-order valence-corrected chi connectivity index (χ4v) is 5.05. The third-order valence-electron chi connectivity index (χ3n) is 7.34. The zero-order valence-corrected chi connectivity index (χ0v) is 21.1. The molecule has 190 valence electrons. The van der Waals surface area contributed by atoms with E-state index in [1.807, 2.05) is 6.92 Å². The van der Waals surface area contributed by atoms with Gasteiger partial charge >= 0.3 is 0 Å². The first-order valence-electron chi connectivity index (χ1n) is 13.4. The van der Waals surface area contributed by atoms with Crippen molar-refractivity contribution in [1.29, 1.82) is 0 Å². The maximum atomic E-state index is 14.4. The van der Waals surface area contributed by atoms with Crippen LogP contribution in [0.25, 0.3) is 0 Å². The zero-order valence-electron chi connectivity index (χ0n) is 21.1. The summed E-state index contributed by atoms with van der Waals surface area (Å²) in [6.45, 7) is 7.28. The van der Waals surface area contributed by atoms with Gasteiger partial charge in [0.05, 0.1) is 19.3 Å². The van der Waals surface area contributed by atoms with Crippen molar-refractivity contribution in [2.24, 2.45) is 17.8 Å². The molecular formula is C28H46F2O3. The molecule has 1 aromatic rings. The molecular weight excluding hydrogens is 422 g/mol. The van der Waals surface area contributed by atoms with Gasteiger partial charge in [0.15, 0.2) is 11.5 Å². The molecule has 1 aliphatic carbocycles. The van der Waals surface area contributed by atoms with E-state index in [-0.39, 0.29) is 17.6 Å². The summed E-state index contributed by atoms with van der Waals surface area (Å²) >= 11 is 0. The van der Waals surface area contributed by atoms with Gasteiger partial charge in [0.25, 0.3) is 0 Å². The maximum Gasteiger partial charge on any atom is 0.204 e. The van der Waals surface area contributed by atoms with Crippen LogP contribution in [0.3, 0.4) is 0 Å². The number of benzene rings is 1. The first kappa shape index (κ1) is 27.9. The number of ether oxygens (including phenoxy) is 2. The number of unbranched alkanes of at least 4 members (excludes halogenated alkanes) is 3. The standard InChI is InChI=1S/C28H46F2O3/c1-4-7-9-10-24(31)16-15-22(6-3)23-13-11-21(12-14-23)20-33-26-18-17-25(27(29)28(26)30)32-19-8-5-2/h17-18,21-24,31H,4-16,19-20H2,1-3H3. The lowest BCUT2D eigenvalue weighted by Crippen LogP contribution is -2.25. The highest BCUT2D eigenvalue weighted by molar-refractivity contribution is 5.35. The number of hydrogen-bond acceptors (Lipinski definition) is 3. The Morgan fingerprint density at radius 3 is 2.09 bits per heavy atom. The fraction of sp³-hybridized carbons (Fsp3) is 0.786. The minimum atomic E-state index is -0.963. The van der Waals surface area contributed by atoms with Gasteiger partial charge in [-0.15, -0.1) is 0 Å². The highest BCUT2D eigenvalue weighted by Gasteiger charge is 2.28. The Hall–Kier alpha value is -1.36. The van der Waals surface area contributed by atoms with Crippen LogP contribution in [0.15, 0.2) is 12.1 Å². The van der Waals surface area contributed by atoms with Crippen LogP contribution in [0.5, 0.6) is 11.5 Å². The molecule has 0 heterocycles. The molecule has 0 bridgehead atoms. The largest absolute Gasteiger partial charge is 0.490 e. The molecule has 0 radical (unpaired) electrons. The molecule has 0 spiro atoms. The van der Waals surface area contributed by atoms with Crippen LogP contribution in [0.4, 0.5) is 8.78 Å². The number of hydrogen-bond donors (Lipinski definition) is 1. The van der Waals surface area contributed by atoms with Crippen LogP contribution >= 0.6 is 0 Å². The molecule has 0 saturated heterocycles. The van der Waals surface area contributed by atoms with Crippen molar-refractivity contribution in [2.75, 3.05) is 13.2 Å². The van der Waals surface area contributed by atoms with Crippen molar-refractivity contribution in [3.63, 3.8) is 0 Å². The summed E-state index contributed by atoms with van der Waals surface area (Å²) in [5.41, 5.74) is 0. The molecule has 1 N–H and O–H groups in total. The van der Waals surface area contributed by atoms with E-state index in [0.29, 0.717) is 31.0 Å². The highest BCUT2D eigenvalue weighted by Crippen LogP contribution is 2.38. The summed E-state index contributed by atoms with van der Waals surface area (Å²) in [5, 5.41) is 10.3. The van der Waals surface area contributed by atoms with E-state index < -0.39 is 11.6 Å². The summed E-state index contributed by atoms with van der Waals surface area (Å²) in [6.07, 6.45) is 13.6. The van der Waals surface area contributed by atoms with E-state index in [4.69, 9.17) is 9.47 Å². The molecule has 2 atom stereocenters. The van der Waals surface area contributed by atoms with Crippen molar-refractivity contribution >= 4 is 0 Å². The minimum Gasteiger partial charge on any atom is -0.490 e. The minimum absolute atomic E-state index is 0.0269. The monoisotopic (exact) mass is 468 g/mol. The molecule has 1 saturated carbocycles. The van der Waals surface area contributed by atoms with Crippen molar-refractivity contribution in [3.05, 3.63) is 23.8 Å². The summed E-state index contributed by atoms with van der Waals surface area (Å²) in [6, 6.07) is 2.94. The van der Waals surface area contributed by atoms with Crippen molar-refractivity contribution in [1.82, 2.24) is 0 Å². The number of aliphatic hydroxyl groups excluding tert-OH is 1. The molecule has 33 heavy (non-hydrogen) atoms. The van der Waals surface area contributed by atoms with E-state index >= 15 is 0 Å². The molecule has 1 fully saturated rings. The number of aliphatic hydroxyl groups is 1. The van der Waals surface area contributed by atoms with Gasteiger partial charge in [-0.25, -0.2) is 0 Å². The molecule has 2 rings (SSSR count). The maximum absolute atomic E-state index is 14.4. The molecule has 1 aliphatic rings. The van der Waals surface area contributed by atoms with Gasteiger partial charge in [0.1, 0.15) is 0 Å². The van der Waals surface area contributed by atoms with E-state index in [2.05, 4.69) is 13.8 Å². The SMILES string of the molecule is CCCCCC(O)CCC(CC)C1CCC(COc2ccc(OCCCC)c(F)c2F)CC1. The average Bonchev–Trinajstić information content (AvgIpc) is 2.82. The Morgan fingerprint density at radius 1 is 0.848 bits per heavy atom. The first-order valence-corrected chi connectivity index (χ1v) is 13.4. The van der Waals surface area contributed by atoms with Crippen LogP contribution < -0.4 is 9.47 Å². The van der Waals surface area contributed by atoms with Gasteiger partial charge in [-0.2, -0.15) is 8.78 Å². The van der Waals surface area contributed by atoms with Crippen molar-refractivity contribution in [2.45, 2.75) is 110 Å². The Labute approximate surface area is 200 Å².